The molecule has 0 aliphatic heterocycles. The van der Waals surface area contributed by atoms with Crippen LogP contribution in [0, 0.1) is 5.82 Å². The van der Waals surface area contributed by atoms with Crippen molar-refractivity contribution in [2.75, 3.05) is 18.0 Å². The van der Waals surface area contributed by atoms with E-state index in [1.54, 1.807) is 11.0 Å². The average molecular weight is 221 g/mol. The van der Waals surface area contributed by atoms with Gasteiger partial charge in [0.1, 0.15) is 5.82 Å². The van der Waals surface area contributed by atoms with Crippen molar-refractivity contribution >= 4 is 12.0 Å². The average Bonchev–Trinajstić information content (AvgIpc) is 2.25. The number of benzene rings is 1. The zero-order valence-corrected chi connectivity index (χ0v) is 9.66. The molecule has 0 radical (unpaired) electrons. The van der Waals surface area contributed by atoms with E-state index < -0.39 is 0 Å². The van der Waals surface area contributed by atoms with E-state index in [2.05, 4.69) is 6.58 Å². The molecule has 0 N–H and O–H groups in total. The molecular formula is C13H16FNO. The maximum Gasteiger partial charge on any atom is 0.152 e. The summed E-state index contributed by atoms with van der Waals surface area (Å²) < 4.78 is 13.7. The Morgan fingerprint density at radius 1 is 1.56 bits per heavy atom. The third-order valence-corrected chi connectivity index (χ3v) is 2.30. The second-order valence-electron chi connectivity index (χ2n) is 3.77. The summed E-state index contributed by atoms with van der Waals surface area (Å²) in [7, 11) is 0. The molecule has 0 bridgehead atoms. The third-order valence-electron chi connectivity index (χ3n) is 2.30. The minimum atomic E-state index is -0.368. The van der Waals surface area contributed by atoms with Crippen LogP contribution in [0.3, 0.4) is 0 Å². The van der Waals surface area contributed by atoms with Crippen molar-refractivity contribution < 1.29 is 9.18 Å². The zero-order chi connectivity index (χ0) is 12.1. The lowest BCUT2D eigenvalue weighted by molar-refractivity contribution is 0.112. The summed E-state index contributed by atoms with van der Waals surface area (Å²) in [5.74, 6) is -0.368. The minimum absolute atomic E-state index is 0.364. The van der Waals surface area contributed by atoms with E-state index in [0.29, 0.717) is 30.6 Å². The second kappa shape index (κ2) is 5.45. The largest absolute Gasteiger partial charge is 0.365 e. The lowest BCUT2D eigenvalue weighted by Gasteiger charge is -2.25. The maximum absolute atomic E-state index is 13.7. The van der Waals surface area contributed by atoms with Crippen LogP contribution in [0.1, 0.15) is 24.2 Å². The second-order valence-corrected chi connectivity index (χ2v) is 3.77. The van der Waals surface area contributed by atoms with Gasteiger partial charge in [0, 0.05) is 18.7 Å². The van der Waals surface area contributed by atoms with Gasteiger partial charge in [-0.15, -0.1) is 0 Å². The van der Waals surface area contributed by atoms with Crippen molar-refractivity contribution in [1.82, 2.24) is 0 Å². The first-order chi connectivity index (χ1) is 7.60. The first kappa shape index (κ1) is 12.4. The standard InChI is InChI=1S/C13H16FNO/c1-4-15(8-10(2)3)13-11(9-16)6-5-7-12(13)14/h5-7,9H,2,4,8H2,1,3H3. The molecule has 0 unspecified atom stereocenters. The molecule has 1 aromatic rings. The molecule has 86 valence electrons. The maximum atomic E-state index is 13.7. The van der Waals surface area contributed by atoms with Gasteiger partial charge in [0.05, 0.1) is 5.69 Å². The molecule has 0 atom stereocenters. The predicted octanol–water partition coefficient (Wildman–Crippen LogP) is 3.04. The van der Waals surface area contributed by atoms with Crippen LogP contribution in [0.15, 0.2) is 30.4 Å². The van der Waals surface area contributed by atoms with Gasteiger partial charge in [-0.25, -0.2) is 4.39 Å². The molecule has 0 fully saturated rings. The zero-order valence-electron chi connectivity index (χ0n) is 9.66. The number of anilines is 1. The normalized spacial score (nSPS) is 9.94. The van der Waals surface area contributed by atoms with Crippen LogP contribution in [0.4, 0.5) is 10.1 Å². The fourth-order valence-corrected chi connectivity index (χ4v) is 1.64. The summed E-state index contributed by atoms with van der Waals surface area (Å²) >= 11 is 0. The van der Waals surface area contributed by atoms with Crippen molar-refractivity contribution in [3.05, 3.63) is 41.7 Å². The minimum Gasteiger partial charge on any atom is -0.365 e. The van der Waals surface area contributed by atoms with Crippen molar-refractivity contribution in [3.63, 3.8) is 0 Å². The molecule has 0 aromatic heterocycles. The Balaban J connectivity index is 3.17. The Hall–Kier alpha value is -1.64. The first-order valence-corrected chi connectivity index (χ1v) is 5.23. The van der Waals surface area contributed by atoms with Crippen molar-refractivity contribution in [3.8, 4) is 0 Å². The molecule has 16 heavy (non-hydrogen) atoms. The molecule has 1 rings (SSSR count). The van der Waals surface area contributed by atoms with E-state index in [9.17, 15) is 9.18 Å². The molecule has 0 saturated carbocycles. The monoisotopic (exact) mass is 221 g/mol. The first-order valence-electron chi connectivity index (χ1n) is 5.23. The molecule has 1 aromatic carbocycles. The van der Waals surface area contributed by atoms with Crippen molar-refractivity contribution in [2.45, 2.75) is 13.8 Å². The van der Waals surface area contributed by atoms with E-state index in [0.717, 1.165) is 5.57 Å². The third kappa shape index (κ3) is 2.69. The van der Waals surface area contributed by atoms with E-state index in [-0.39, 0.29) is 5.82 Å². The molecular weight excluding hydrogens is 205 g/mol. The molecule has 0 aliphatic rings. The van der Waals surface area contributed by atoms with Gasteiger partial charge in [0.15, 0.2) is 6.29 Å². The molecule has 0 amide bonds. The lowest BCUT2D eigenvalue weighted by Crippen LogP contribution is -2.26. The van der Waals surface area contributed by atoms with Gasteiger partial charge in [-0.2, -0.15) is 0 Å². The number of halogens is 1. The molecule has 0 saturated heterocycles. The number of likely N-dealkylation sites (N-methyl/N-ethyl adjacent to an activating group) is 1. The summed E-state index contributed by atoms with van der Waals surface area (Å²) in [5.41, 5.74) is 1.67. The highest BCUT2D eigenvalue weighted by molar-refractivity contribution is 5.84. The van der Waals surface area contributed by atoms with Gasteiger partial charge < -0.3 is 4.90 Å². The smallest absolute Gasteiger partial charge is 0.152 e. The topological polar surface area (TPSA) is 20.3 Å². The highest BCUT2D eigenvalue weighted by Crippen LogP contribution is 2.23. The molecule has 0 spiro atoms. The summed E-state index contributed by atoms with van der Waals surface area (Å²) in [6, 6.07) is 4.52. The summed E-state index contributed by atoms with van der Waals surface area (Å²) in [6.07, 6.45) is 0.680. The van der Waals surface area contributed by atoms with Gasteiger partial charge in [0.2, 0.25) is 0 Å². The van der Waals surface area contributed by atoms with Gasteiger partial charge in [-0.05, 0) is 26.0 Å². The fraction of sp³-hybridized carbons (Fsp3) is 0.308. The van der Waals surface area contributed by atoms with Gasteiger partial charge >= 0.3 is 0 Å². The van der Waals surface area contributed by atoms with Gasteiger partial charge in [-0.1, -0.05) is 18.2 Å². The van der Waals surface area contributed by atoms with Crippen molar-refractivity contribution in [1.29, 1.82) is 0 Å². The van der Waals surface area contributed by atoms with Crippen LogP contribution in [-0.4, -0.2) is 19.4 Å². The fourth-order valence-electron chi connectivity index (χ4n) is 1.64. The van der Waals surface area contributed by atoms with Crippen LogP contribution in [0.25, 0.3) is 0 Å². The van der Waals surface area contributed by atoms with Crippen molar-refractivity contribution in [2.24, 2.45) is 0 Å². The highest BCUT2D eigenvalue weighted by atomic mass is 19.1. The van der Waals surface area contributed by atoms with Crippen LogP contribution in [0.5, 0.6) is 0 Å². The molecule has 3 heteroatoms. The van der Waals surface area contributed by atoms with Crippen LogP contribution in [0.2, 0.25) is 0 Å². The Bertz CT molecular complexity index is 401. The van der Waals surface area contributed by atoms with Crippen LogP contribution >= 0.6 is 0 Å². The van der Waals surface area contributed by atoms with Gasteiger partial charge in [0.25, 0.3) is 0 Å². The Kier molecular flexibility index (Phi) is 4.23. The number of nitrogens with zero attached hydrogens (tertiary/aromatic N) is 1. The summed E-state index contributed by atoms with van der Waals surface area (Å²) in [5, 5.41) is 0. The quantitative estimate of drug-likeness (QED) is 0.562. The number of aldehydes is 1. The lowest BCUT2D eigenvalue weighted by atomic mass is 10.1. The predicted molar refractivity (Wildman–Crippen MR) is 64.5 cm³/mol. The van der Waals surface area contributed by atoms with E-state index in [1.807, 2.05) is 13.8 Å². The number of hydrogen-bond donors (Lipinski definition) is 0. The number of para-hydroxylation sites is 1. The van der Waals surface area contributed by atoms with E-state index in [4.69, 9.17) is 0 Å². The summed E-state index contributed by atoms with van der Waals surface area (Å²) in [4.78, 5) is 12.7. The SMILES string of the molecule is C=C(C)CN(CC)c1c(F)cccc1C=O. The van der Waals surface area contributed by atoms with Gasteiger partial charge in [-0.3, -0.25) is 4.79 Å². The number of carbonyl (C=O) groups is 1. The highest BCUT2D eigenvalue weighted by Gasteiger charge is 2.14. The molecule has 0 aliphatic carbocycles. The van der Waals surface area contributed by atoms with Crippen LogP contribution < -0.4 is 4.90 Å². The Labute approximate surface area is 95.4 Å². The molecule has 2 nitrogen and oxygen atoms in total. The molecule has 0 heterocycles. The Morgan fingerprint density at radius 3 is 2.75 bits per heavy atom. The summed E-state index contributed by atoms with van der Waals surface area (Å²) in [6.45, 7) is 8.79. The van der Waals surface area contributed by atoms with E-state index in [1.165, 1.54) is 12.1 Å². The number of rotatable bonds is 5. The van der Waals surface area contributed by atoms with E-state index >= 15 is 0 Å². The Morgan fingerprint density at radius 2 is 2.25 bits per heavy atom. The number of hydrogen-bond acceptors (Lipinski definition) is 2. The number of carbonyl (C=O) groups excluding carboxylic acids is 1. The van der Waals surface area contributed by atoms with Crippen LogP contribution in [-0.2, 0) is 0 Å².